The summed E-state index contributed by atoms with van der Waals surface area (Å²) in [5, 5.41) is 6.33. The monoisotopic (exact) mass is 320 g/mol. The van der Waals surface area contributed by atoms with Crippen LogP contribution in [0.1, 0.15) is 24.6 Å². The van der Waals surface area contributed by atoms with Crippen LogP contribution in [0.2, 0.25) is 0 Å². The number of halogens is 1. The average Bonchev–Trinajstić information content (AvgIpc) is 3.10. The van der Waals surface area contributed by atoms with Crippen LogP contribution in [0.5, 0.6) is 0 Å². The Kier molecular flexibility index (Phi) is 3.25. The lowest BCUT2D eigenvalue weighted by Crippen LogP contribution is -2.26. The van der Waals surface area contributed by atoms with Crippen molar-refractivity contribution in [3.63, 3.8) is 0 Å². The SMILES string of the molecule is O=c1c2ccsc2ncn1Cc1nc(CC2CC(F)C2)no1. The zero-order chi connectivity index (χ0) is 15.1. The summed E-state index contributed by atoms with van der Waals surface area (Å²) in [6, 6.07) is 1.76. The second-order valence-electron chi connectivity index (χ2n) is 5.56. The average molecular weight is 320 g/mol. The molecule has 1 aliphatic rings. The first-order valence-corrected chi connectivity index (χ1v) is 7.95. The molecule has 4 rings (SSSR count). The fraction of sp³-hybridized carbons (Fsp3) is 0.429. The zero-order valence-corrected chi connectivity index (χ0v) is 12.4. The summed E-state index contributed by atoms with van der Waals surface area (Å²) in [6.07, 6.45) is 2.58. The Hall–Kier alpha value is -2.09. The molecular weight excluding hydrogens is 307 g/mol. The number of rotatable bonds is 4. The molecule has 0 saturated heterocycles. The third-order valence-corrected chi connectivity index (χ3v) is 4.74. The van der Waals surface area contributed by atoms with Crippen molar-refractivity contribution in [2.45, 2.75) is 32.0 Å². The van der Waals surface area contributed by atoms with Crippen LogP contribution in [0.3, 0.4) is 0 Å². The summed E-state index contributed by atoms with van der Waals surface area (Å²) in [4.78, 5) is 21.5. The van der Waals surface area contributed by atoms with Crippen molar-refractivity contribution in [3.05, 3.63) is 39.8 Å². The molecule has 1 fully saturated rings. The van der Waals surface area contributed by atoms with E-state index in [4.69, 9.17) is 4.52 Å². The molecule has 3 aromatic heterocycles. The van der Waals surface area contributed by atoms with Gasteiger partial charge in [-0.05, 0) is 30.2 Å². The fourth-order valence-corrected chi connectivity index (χ4v) is 3.39. The number of fused-ring (bicyclic) bond motifs is 1. The van der Waals surface area contributed by atoms with Crippen LogP contribution in [0.4, 0.5) is 4.39 Å². The second-order valence-corrected chi connectivity index (χ2v) is 6.45. The van der Waals surface area contributed by atoms with Crippen LogP contribution in [0.15, 0.2) is 27.1 Å². The van der Waals surface area contributed by atoms with Crippen LogP contribution in [-0.2, 0) is 13.0 Å². The smallest absolute Gasteiger partial charge is 0.262 e. The van der Waals surface area contributed by atoms with Gasteiger partial charge in [0.15, 0.2) is 5.82 Å². The molecule has 1 saturated carbocycles. The Morgan fingerprint density at radius 1 is 1.45 bits per heavy atom. The summed E-state index contributed by atoms with van der Waals surface area (Å²) in [7, 11) is 0. The molecule has 3 heterocycles. The van der Waals surface area contributed by atoms with Gasteiger partial charge in [0.1, 0.15) is 17.5 Å². The predicted octanol–water partition coefficient (Wildman–Crippen LogP) is 2.18. The Balaban J connectivity index is 1.51. The van der Waals surface area contributed by atoms with Crippen molar-refractivity contribution >= 4 is 21.6 Å². The fourth-order valence-electron chi connectivity index (χ4n) is 2.67. The van der Waals surface area contributed by atoms with Crippen molar-refractivity contribution in [1.29, 1.82) is 0 Å². The Morgan fingerprint density at radius 2 is 2.32 bits per heavy atom. The maximum absolute atomic E-state index is 12.8. The van der Waals surface area contributed by atoms with E-state index in [-0.39, 0.29) is 12.1 Å². The van der Waals surface area contributed by atoms with Gasteiger partial charge in [-0.1, -0.05) is 5.16 Å². The molecule has 0 unspecified atom stereocenters. The van der Waals surface area contributed by atoms with Gasteiger partial charge in [-0.3, -0.25) is 9.36 Å². The topological polar surface area (TPSA) is 73.8 Å². The molecule has 6 nitrogen and oxygen atoms in total. The normalized spacial score (nSPS) is 21.1. The first-order chi connectivity index (χ1) is 10.7. The highest BCUT2D eigenvalue weighted by Gasteiger charge is 2.30. The van der Waals surface area contributed by atoms with Crippen LogP contribution in [-0.4, -0.2) is 25.9 Å². The minimum absolute atomic E-state index is 0.120. The Morgan fingerprint density at radius 3 is 3.14 bits per heavy atom. The van der Waals surface area contributed by atoms with Crippen molar-refractivity contribution in [3.8, 4) is 0 Å². The van der Waals surface area contributed by atoms with Crippen molar-refractivity contribution in [1.82, 2.24) is 19.7 Å². The minimum Gasteiger partial charge on any atom is -0.337 e. The van der Waals surface area contributed by atoms with Crippen LogP contribution in [0.25, 0.3) is 10.2 Å². The molecular formula is C14H13FN4O2S. The van der Waals surface area contributed by atoms with E-state index >= 15 is 0 Å². The van der Waals surface area contributed by atoms with Gasteiger partial charge in [-0.2, -0.15) is 4.98 Å². The maximum Gasteiger partial charge on any atom is 0.262 e. The summed E-state index contributed by atoms with van der Waals surface area (Å²) in [5.41, 5.74) is -0.120. The molecule has 0 radical (unpaired) electrons. The molecule has 0 bridgehead atoms. The molecule has 3 aromatic rings. The summed E-state index contributed by atoms with van der Waals surface area (Å²) < 4.78 is 19.4. The van der Waals surface area contributed by atoms with E-state index in [9.17, 15) is 9.18 Å². The molecule has 0 spiro atoms. The maximum atomic E-state index is 12.8. The van der Waals surface area contributed by atoms with Crippen LogP contribution in [0, 0.1) is 5.92 Å². The molecule has 0 aliphatic heterocycles. The van der Waals surface area contributed by atoms with Crippen molar-refractivity contribution in [2.24, 2.45) is 5.92 Å². The number of thiophene rings is 1. The number of hydrogen-bond donors (Lipinski definition) is 0. The largest absolute Gasteiger partial charge is 0.337 e. The predicted molar refractivity (Wildman–Crippen MR) is 78.6 cm³/mol. The molecule has 0 amide bonds. The number of aromatic nitrogens is 4. The summed E-state index contributed by atoms with van der Waals surface area (Å²) in [6.45, 7) is 0.195. The second kappa shape index (κ2) is 5.28. The van der Waals surface area contributed by atoms with Gasteiger partial charge in [0.2, 0.25) is 5.89 Å². The lowest BCUT2D eigenvalue weighted by atomic mass is 9.81. The third kappa shape index (κ3) is 2.43. The van der Waals surface area contributed by atoms with E-state index < -0.39 is 6.17 Å². The van der Waals surface area contributed by atoms with E-state index in [1.54, 1.807) is 6.07 Å². The van der Waals surface area contributed by atoms with Crippen LogP contribution >= 0.6 is 11.3 Å². The highest BCUT2D eigenvalue weighted by atomic mass is 32.1. The minimum atomic E-state index is -0.682. The highest BCUT2D eigenvalue weighted by Crippen LogP contribution is 2.32. The quantitative estimate of drug-likeness (QED) is 0.736. The first kappa shape index (κ1) is 13.6. The third-order valence-electron chi connectivity index (χ3n) is 3.92. The van der Waals surface area contributed by atoms with Crippen LogP contribution < -0.4 is 5.56 Å². The van der Waals surface area contributed by atoms with E-state index in [1.165, 1.54) is 22.2 Å². The molecule has 0 aromatic carbocycles. The lowest BCUT2D eigenvalue weighted by molar-refractivity contribution is 0.129. The van der Waals surface area contributed by atoms with E-state index in [0.717, 1.165) is 4.83 Å². The van der Waals surface area contributed by atoms with E-state index in [0.29, 0.717) is 42.3 Å². The van der Waals surface area contributed by atoms with Gasteiger partial charge in [-0.15, -0.1) is 11.3 Å². The molecule has 0 N–H and O–H groups in total. The Bertz CT molecular complexity index is 865. The van der Waals surface area contributed by atoms with Gasteiger partial charge in [-0.25, -0.2) is 9.37 Å². The summed E-state index contributed by atoms with van der Waals surface area (Å²) >= 11 is 1.43. The number of nitrogens with zero attached hydrogens (tertiary/aromatic N) is 4. The van der Waals surface area contributed by atoms with Crippen molar-refractivity contribution < 1.29 is 8.91 Å². The Labute approximate surface area is 128 Å². The molecule has 0 atom stereocenters. The first-order valence-electron chi connectivity index (χ1n) is 7.07. The highest BCUT2D eigenvalue weighted by molar-refractivity contribution is 7.16. The van der Waals surface area contributed by atoms with Gasteiger partial charge in [0, 0.05) is 6.42 Å². The van der Waals surface area contributed by atoms with Gasteiger partial charge in [0.25, 0.3) is 5.56 Å². The molecule has 1 aliphatic carbocycles. The zero-order valence-electron chi connectivity index (χ0n) is 11.6. The van der Waals surface area contributed by atoms with E-state index in [1.807, 2.05) is 5.38 Å². The van der Waals surface area contributed by atoms with Gasteiger partial charge in [0.05, 0.1) is 11.7 Å². The molecule has 22 heavy (non-hydrogen) atoms. The number of alkyl halides is 1. The standard InChI is InChI=1S/C14H13FN4O2S/c15-9-3-8(4-9)5-11-17-12(21-18-11)6-19-7-16-13-10(14(19)20)1-2-22-13/h1-2,7-9H,3-6H2. The summed E-state index contributed by atoms with van der Waals surface area (Å²) in [5.74, 6) is 1.24. The lowest BCUT2D eigenvalue weighted by Gasteiger charge is -2.28. The number of hydrogen-bond acceptors (Lipinski definition) is 6. The van der Waals surface area contributed by atoms with E-state index in [2.05, 4.69) is 15.1 Å². The molecule has 114 valence electrons. The van der Waals surface area contributed by atoms with Gasteiger partial charge >= 0.3 is 0 Å². The van der Waals surface area contributed by atoms with Crippen molar-refractivity contribution in [2.75, 3.05) is 0 Å². The van der Waals surface area contributed by atoms with Gasteiger partial charge < -0.3 is 4.52 Å². The molecule has 8 heteroatoms.